The molecule has 0 N–H and O–H groups in total. The summed E-state index contributed by atoms with van der Waals surface area (Å²) in [7, 11) is 0. The Morgan fingerprint density at radius 1 is 1.69 bits per heavy atom. The van der Waals surface area contributed by atoms with Gasteiger partial charge in [-0.25, -0.2) is 0 Å². The second kappa shape index (κ2) is 5.11. The highest BCUT2D eigenvalue weighted by Gasteiger charge is 2.24. The Labute approximate surface area is 91.3 Å². The third kappa shape index (κ3) is 3.78. The van der Waals surface area contributed by atoms with Gasteiger partial charge in [-0.15, -0.1) is 5.21 Å². The quantitative estimate of drug-likeness (QED) is 0.437. The molecule has 1 heterocycles. The maximum absolute atomic E-state index is 11.2. The maximum atomic E-state index is 11.2. The molecule has 4 nitrogen and oxygen atoms in total. The van der Waals surface area contributed by atoms with Gasteiger partial charge in [0, 0.05) is 6.54 Å². The summed E-state index contributed by atoms with van der Waals surface area (Å²) in [4.78, 5) is 11.2. The van der Waals surface area contributed by atoms with Crippen molar-refractivity contribution in [3.05, 3.63) is 0 Å². The van der Waals surface area contributed by atoms with Gasteiger partial charge >= 0.3 is 5.97 Å². The summed E-state index contributed by atoms with van der Waals surface area (Å²) in [6.45, 7) is 2.67. The fourth-order valence-corrected chi connectivity index (χ4v) is 1.41. The molecule has 1 fully saturated rings. The smallest absolute Gasteiger partial charge is 0.318 e. The van der Waals surface area contributed by atoms with E-state index in [2.05, 4.69) is 0 Å². The van der Waals surface area contributed by atoms with Gasteiger partial charge in [0.15, 0.2) is 0 Å². The standard InChI is InChI=1S/C8H13INO3/c1-6(9)8(11)13-7-3-2-4-10(12)5-7/h6-7H,2-5H2,1H3. The van der Waals surface area contributed by atoms with Crippen LogP contribution in [0.1, 0.15) is 19.8 Å². The number of alkyl halides is 1. The first-order valence-electron chi connectivity index (χ1n) is 4.36. The lowest BCUT2D eigenvalue weighted by Crippen LogP contribution is -2.38. The number of carbonyl (C=O) groups excluding carboxylic acids is 1. The van der Waals surface area contributed by atoms with E-state index in [4.69, 9.17) is 4.74 Å². The normalized spacial score (nSPS) is 26.8. The van der Waals surface area contributed by atoms with E-state index in [1.54, 1.807) is 6.92 Å². The van der Waals surface area contributed by atoms with Crippen LogP contribution in [0.5, 0.6) is 0 Å². The van der Waals surface area contributed by atoms with E-state index < -0.39 is 0 Å². The largest absolute Gasteiger partial charge is 0.460 e. The van der Waals surface area contributed by atoms with Crippen molar-refractivity contribution >= 4 is 28.6 Å². The van der Waals surface area contributed by atoms with Gasteiger partial charge in [-0.2, -0.15) is 5.06 Å². The molecule has 2 unspecified atom stereocenters. The molecule has 1 aliphatic rings. The average Bonchev–Trinajstić information content (AvgIpc) is 2.04. The molecule has 1 aliphatic heterocycles. The third-order valence-electron chi connectivity index (χ3n) is 1.95. The van der Waals surface area contributed by atoms with Crippen LogP contribution in [0.25, 0.3) is 0 Å². The molecule has 0 aromatic heterocycles. The lowest BCUT2D eigenvalue weighted by Gasteiger charge is -2.26. The van der Waals surface area contributed by atoms with Crippen molar-refractivity contribution in [2.45, 2.75) is 29.8 Å². The van der Waals surface area contributed by atoms with Crippen molar-refractivity contribution in [2.24, 2.45) is 0 Å². The molecule has 0 bridgehead atoms. The number of hydrogen-bond donors (Lipinski definition) is 0. The number of hydroxylamine groups is 2. The van der Waals surface area contributed by atoms with Crippen LogP contribution >= 0.6 is 22.6 Å². The van der Waals surface area contributed by atoms with Crippen LogP contribution in [-0.4, -0.2) is 34.2 Å². The number of nitrogens with zero attached hydrogens (tertiary/aromatic N) is 1. The van der Waals surface area contributed by atoms with Gasteiger partial charge in [-0.1, -0.05) is 22.6 Å². The van der Waals surface area contributed by atoms with Gasteiger partial charge in [0.2, 0.25) is 0 Å². The lowest BCUT2D eigenvalue weighted by molar-refractivity contribution is -0.196. The first-order valence-corrected chi connectivity index (χ1v) is 5.61. The van der Waals surface area contributed by atoms with E-state index in [9.17, 15) is 10.0 Å². The van der Waals surface area contributed by atoms with Crippen LogP contribution in [0.2, 0.25) is 0 Å². The summed E-state index contributed by atoms with van der Waals surface area (Å²) >= 11 is 2.00. The molecule has 0 spiro atoms. The number of esters is 1. The van der Waals surface area contributed by atoms with Crippen LogP contribution in [0, 0.1) is 0 Å². The molecule has 2 atom stereocenters. The molecular formula is C8H13INO3. The van der Waals surface area contributed by atoms with E-state index in [0.29, 0.717) is 13.1 Å². The van der Waals surface area contributed by atoms with E-state index in [1.165, 1.54) is 0 Å². The maximum Gasteiger partial charge on any atom is 0.318 e. The molecule has 1 rings (SSSR count). The Hall–Kier alpha value is 0.120. The molecule has 75 valence electrons. The third-order valence-corrected chi connectivity index (χ3v) is 2.46. The minimum absolute atomic E-state index is 0.139. The fraction of sp³-hybridized carbons (Fsp3) is 0.875. The molecular weight excluding hydrogens is 285 g/mol. The van der Waals surface area contributed by atoms with Gasteiger partial charge in [-0.3, -0.25) is 4.79 Å². The molecule has 5 heteroatoms. The monoisotopic (exact) mass is 298 g/mol. The Balaban J connectivity index is 2.31. The zero-order valence-corrected chi connectivity index (χ0v) is 9.69. The van der Waals surface area contributed by atoms with Crippen molar-refractivity contribution in [1.29, 1.82) is 0 Å². The number of carbonyl (C=O) groups is 1. The summed E-state index contributed by atoms with van der Waals surface area (Å²) in [6, 6.07) is 0. The minimum atomic E-state index is -0.221. The minimum Gasteiger partial charge on any atom is -0.460 e. The fourth-order valence-electron chi connectivity index (χ4n) is 1.26. The summed E-state index contributed by atoms with van der Waals surface area (Å²) < 4.78 is 5.00. The average molecular weight is 298 g/mol. The second-order valence-electron chi connectivity index (χ2n) is 3.21. The van der Waals surface area contributed by atoms with Crippen LogP contribution in [0.3, 0.4) is 0 Å². The Morgan fingerprint density at radius 3 is 2.92 bits per heavy atom. The summed E-state index contributed by atoms with van der Waals surface area (Å²) in [5.41, 5.74) is 0. The number of ether oxygens (including phenoxy) is 1. The Morgan fingerprint density at radius 2 is 2.38 bits per heavy atom. The van der Waals surface area contributed by atoms with Crippen molar-refractivity contribution in [3.8, 4) is 0 Å². The van der Waals surface area contributed by atoms with Crippen LogP contribution in [-0.2, 0) is 14.7 Å². The summed E-state index contributed by atoms with van der Waals surface area (Å²) in [5, 5.41) is 11.9. The van der Waals surface area contributed by atoms with Crippen LogP contribution < -0.4 is 0 Å². The molecule has 13 heavy (non-hydrogen) atoms. The highest BCUT2D eigenvalue weighted by Crippen LogP contribution is 2.13. The van der Waals surface area contributed by atoms with Crippen molar-refractivity contribution in [3.63, 3.8) is 0 Å². The molecule has 0 aromatic carbocycles. The molecule has 1 radical (unpaired) electrons. The topological polar surface area (TPSA) is 49.4 Å². The second-order valence-corrected chi connectivity index (χ2v) is 5.07. The van der Waals surface area contributed by atoms with E-state index in [0.717, 1.165) is 17.9 Å². The van der Waals surface area contributed by atoms with Crippen LogP contribution in [0.15, 0.2) is 0 Å². The Kier molecular flexibility index (Phi) is 4.40. The summed E-state index contributed by atoms with van der Waals surface area (Å²) in [5.74, 6) is -0.221. The molecule has 1 saturated heterocycles. The van der Waals surface area contributed by atoms with Crippen LogP contribution in [0.4, 0.5) is 0 Å². The van der Waals surface area contributed by atoms with Gasteiger partial charge in [-0.05, 0) is 19.8 Å². The first kappa shape index (κ1) is 11.2. The number of halogens is 1. The number of hydrogen-bond acceptors (Lipinski definition) is 3. The summed E-state index contributed by atoms with van der Waals surface area (Å²) in [6.07, 6.45) is 1.43. The highest BCUT2D eigenvalue weighted by molar-refractivity contribution is 14.1. The number of rotatable bonds is 2. The van der Waals surface area contributed by atoms with E-state index >= 15 is 0 Å². The van der Waals surface area contributed by atoms with Gasteiger partial charge in [0.25, 0.3) is 0 Å². The highest BCUT2D eigenvalue weighted by atomic mass is 127. The Bertz CT molecular complexity index is 186. The van der Waals surface area contributed by atoms with Crippen molar-refractivity contribution in [2.75, 3.05) is 13.1 Å². The first-order chi connectivity index (χ1) is 6.09. The number of piperidine rings is 1. The van der Waals surface area contributed by atoms with Crippen molar-refractivity contribution in [1.82, 2.24) is 5.06 Å². The predicted molar refractivity (Wildman–Crippen MR) is 54.9 cm³/mol. The zero-order chi connectivity index (χ0) is 9.84. The van der Waals surface area contributed by atoms with E-state index in [-0.39, 0.29) is 16.0 Å². The van der Waals surface area contributed by atoms with E-state index in [1.807, 2.05) is 22.6 Å². The van der Waals surface area contributed by atoms with Gasteiger partial charge in [0.1, 0.15) is 10.0 Å². The SMILES string of the molecule is CC(I)C(=O)OC1CCCN([O])C1. The lowest BCUT2D eigenvalue weighted by atomic mass is 10.1. The zero-order valence-electron chi connectivity index (χ0n) is 7.53. The molecule has 0 amide bonds. The molecule has 0 aliphatic carbocycles. The molecule has 0 saturated carbocycles. The molecule has 0 aromatic rings. The van der Waals surface area contributed by atoms with Gasteiger partial charge < -0.3 is 4.74 Å². The van der Waals surface area contributed by atoms with Crippen molar-refractivity contribution < 1.29 is 14.7 Å². The van der Waals surface area contributed by atoms with Gasteiger partial charge in [0.05, 0.1) is 6.54 Å². The predicted octanol–water partition coefficient (Wildman–Crippen LogP) is 1.16.